The van der Waals surface area contributed by atoms with E-state index < -0.39 is 5.97 Å². The highest BCUT2D eigenvalue weighted by atomic mass is 16.5. The highest BCUT2D eigenvalue weighted by molar-refractivity contribution is 6.01. The molecule has 0 fully saturated rings. The maximum Gasteiger partial charge on any atom is 0.358 e. The van der Waals surface area contributed by atoms with Crippen LogP contribution in [-0.2, 0) is 16.0 Å². The molecule has 1 aromatic carbocycles. The maximum atomic E-state index is 12.2. The Hall–Kier alpha value is -3.22. The van der Waals surface area contributed by atoms with Crippen molar-refractivity contribution in [3.63, 3.8) is 0 Å². The Morgan fingerprint density at radius 3 is 2.87 bits per heavy atom. The first kappa shape index (κ1) is 14.7. The fraction of sp³-hybridized carbons (Fsp3) is 0.125. The maximum absolute atomic E-state index is 12.2. The van der Waals surface area contributed by atoms with Crippen LogP contribution in [0.5, 0.6) is 0 Å². The van der Waals surface area contributed by atoms with E-state index in [1.807, 2.05) is 18.2 Å². The van der Waals surface area contributed by atoms with Crippen LogP contribution in [-0.4, -0.2) is 29.1 Å². The smallest absolute Gasteiger partial charge is 0.358 e. The van der Waals surface area contributed by atoms with Crippen molar-refractivity contribution in [2.24, 2.45) is 0 Å². The van der Waals surface area contributed by atoms with Gasteiger partial charge in [-0.3, -0.25) is 4.79 Å². The molecule has 0 radical (unpaired) electrons. The number of amides is 1. The molecule has 0 aliphatic carbocycles. The van der Waals surface area contributed by atoms with Crippen LogP contribution in [0.15, 0.2) is 47.1 Å². The molecule has 0 bridgehead atoms. The van der Waals surface area contributed by atoms with Gasteiger partial charge in [-0.05, 0) is 24.3 Å². The molecule has 1 amide bonds. The minimum Gasteiger partial charge on any atom is -0.464 e. The molecule has 116 valence electrons. The first-order valence-corrected chi connectivity index (χ1v) is 6.85. The summed E-state index contributed by atoms with van der Waals surface area (Å²) in [7, 11) is 1.25. The monoisotopic (exact) mass is 311 g/mol. The first-order valence-electron chi connectivity index (χ1n) is 6.85. The third-order valence-corrected chi connectivity index (χ3v) is 3.24. The zero-order chi connectivity index (χ0) is 16.2. The molecule has 0 atom stereocenters. The minimum atomic E-state index is -0.618. The number of nitrogens with zero attached hydrogens (tertiary/aromatic N) is 2. The summed E-state index contributed by atoms with van der Waals surface area (Å²) in [6.07, 6.45) is 1.47. The number of hydrogen-bond donors (Lipinski definition) is 1. The Morgan fingerprint density at radius 1 is 1.22 bits per heavy atom. The summed E-state index contributed by atoms with van der Waals surface area (Å²) >= 11 is 0. The van der Waals surface area contributed by atoms with Crippen LogP contribution in [0.2, 0.25) is 0 Å². The van der Waals surface area contributed by atoms with E-state index >= 15 is 0 Å². The van der Waals surface area contributed by atoms with E-state index in [-0.39, 0.29) is 23.7 Å². The number of esters is 1. The molecule has 3 rings (SSSR count). The van der Waals surface area contributed by atoms with Gasteiger partial charge in [-0.2, -0.15) is 0 Å². The van der Waals surface area contributed by atoms with Crippen molar-refractivity contribution < 1.29 is 18.8 Å². The number of nitrogens with one attached hydrogen (secondary N) is 1. The van der Waals surface area contributed by atoms with Crippen molar-refractivity contribution in [1.82, 2.24) is 10.1 Å². The standard InChI is InChI=1S/C16H13N3O4/c1-22-16(21)15-11(6-4-8-17-15)18-14(20)9-12-10-5-2-3-7-13(10)23-19-12/h2-8H,9H2,1H3,(H,18,20). The zero-order valence-corrected chi connectivity index (χ0v) is 12.3. The van der Waals surface area contributed by atoms with E-state index in [0.717, 1.165) is 5.39 Å². The molecule has 23 heavy (non-hydrogen) atoms. The average Bonchev–Trinajstić information content (AvgIpc) is 2.98. The molecule has 0 saturated heterocycles. The predicted molar refractivity (Wildman–Crippen MR) is 81.9 cm³/mol. The Morgan fingerprint density at radius 2 is 2.04 bits per heavy atom. The van der Waals surface area contributed by atoms with E-state index in [4.69, 9.17) is 4.52 Å². The molecule has 0 spiro atoms. The van der Waals surface area contributed by atoms with Crippen LogP contribution < -0.4 is 5.32 Å². The molecule has 0 saturated carbocycles. The second-order valence-electron chi connectivity index (χ2n) is 4.74. The SMILES string of the molecule is COC(=O)c1ncccc1NC(=O)Cc1noc2ccccc12. The van der Waals surface area contributed by atoms with Gasteiger partial charge >= 0.3 is 5.97 Å². The van der Waals surface area contributed by atoms with Crippen molar-refractivity contribution in [2.75, 3.05) is 12.4 Å². The fourth-order valence-electron chi connectivity index (χ4n) is 2.18. The average molecular weight is 311 g/mol. The van der Waals surface area contributed by atoms with E-state index in [0.29, 0.717) is 11.3 Å². The quantitative estimate of drug-likeness (QED) is 0.742. The number of aromatic nitrogens is 2. The molecule has 0 unspecified atom stereocenters. The highest BCUT2D eigenvalue weighted by Crippen LogP contribution is 2.19. The third kappa shape index (κ3) is 3.03. The number of anilines is 1. The summed E-state index contributed by atoms with van der Waals surface area (Å²) in [6.45, 7) is 0. The zero-order valence-electron chi connectivity index (χ0n) is 12.3. The summed E-state index contributed by atoms with van der Waals surface area (Å²) in [5.74, 6) is -0.949. The van der Waals surface area contributed by atoms with E-state index in [1.54, 1.807) is 18.2 Å². The Kier molecular flexibility index (Phi) is 4.01. The van der Waals surface area contributed by atoms with Crippen LogP contribution in [0.1, 0.15) is 16.2 Å². The van der Waals surface area contributed by atoms with Gasteiger partial charge in [0.25, 0.3) is 0 Å². The molecule has 0 aliphatic rings. The van der Waals surface area contributed by atoms with Crippen molar-refractivity contribution in [3.05, 3.63) is 54.0 Å². The van der Waals surface area contributed by atoms with Gasteiger partial charge in [0, 0.05) is 11.6 Å². The molecule has 1 N–H and O–H groups in total. The number of carbonyl (C=O) groups is 2. The molecule has 3 aromatic rings. The van der Waals surface area contributed by atoms with Crippen LogP contribution in [0, 0.1) is 0 Å². The summed E-state index contributed by atoms with van der Waals surface area (Å²) in [6, 6.07) is 10.5. The Balaban J connectivity index is 1.79. The fourth-order valence-corrected chi connectivity index (χ4v) is 2.18. The van der Waals surface area contributed by atoms with Crippen molar-refractivity contribution in [1.29, 1.82) is 0 Å². The lowest BCUT2D eigenvalue weighted by molar-refractivity contribution is -0.115. The molecule has 2 aromatic heterocycles. The number of para-hydroxylation sites is 1. The van der Waals surface area contributed by atoms with Crippen LogP contribution >= 0.6 is 0 Å². The van der Waals surface area contributed by atoms with Gasteiger partial charge in [0.05, 0.1) is 19.2 Å². The molecule has 0 aliphatic heterocycles. The summed E-state index contributed by atoms with van der Waals surface area (Å²) in [5, 5.41) is 7.33. The number of rotatable bonds is 4. The molecule has 7 heteroatoms. The number of fused-ring (bicyclic) bond motifs is 1. The second kappa shape index (κ2) is 6.27. The van der Waals surface area contributed by atoms with Crippen LogP contribution in [0.4, 0.5) is 5.69 Å². The molecular weight excluding hydrogens is 298 g/mol. The number of pyridine rings is 1. The van der Waals surface area contributed by atoms with E-state index in [2.05, 4.69) is 20.2 Å². The van der Waals surface area contributed by atoms with Gasteiger partial charge in [-0.15, -0.1) is 0 Å². The number of benzene rings is 1. The molecule has 7 nitrogen and oxygen atoms in total. The third-order valence-electron chi connectivity index (χ3n) is 3.24. The van der Waals surface area contributed by atoms with Gasteiger partial charge in [0.15, 0.2) is 11.3 Å². The lowest BCUT2D eigenvalue weighted by Crippen LogP contribution is -2.18. The topological polar surface area (TPSA) is 94.3 Å². The van der Waals surface area contributed by atoms with Crippen LogP contribution in [0.3, 0.4) is 0 Å². The van der Waals surface area contributed by atoms with E-state index in [1.165, 1.54) is 13.3 Å². The van der Waals surface area contributed by atoms with Crippen molar-refractivity contribution in [2.45, 2.75) is 6.42 Å². The molecule has 2 heterocycles. The van der Waals surface area contributed by atoms with Gasteiger partial charge in [-0.1, -0.05) is 17.3 Å². The number of hydrogen-bond acceptors (Lipinski definition) is 6. The Bertz CT molecular complexity index is 872. The number of carbonyl (C=O) groups excluding carboxylic acids is 2. The second-order valence-corrected chi connectivity index (χ2v) is 4.74. The largest absolute Gasteiger partial charge is 0.464 e. The minimum absolute atomic E-state index is 0.0204. The highest BCUT2D eigenvalue weighted by Gasteiger charge is 2.17. The van der Waals surface area contributed by atoms with Crippen molar-refractivity contribution >= 4 is 28.5 Å². The number of ether oxygens (including phenoxy) is 1. The summed E-state index contributed by atoms with van der Waals surface area (Å²) in [4.78, 5) is 27.8. The van der Waals surface area contributed by atoms with Crippen molar-refractivity contribution in [3.8, 4) is 0 Å². The lowest BCUT2D eigenvalue weighted by atomic mass is 10.1. The first-order chi connectivity index (χ1) is 11.2. The summed E-state index contributed by atoms with van der Waals surface area (Å²) < 4.78 is 9.80. The Labute approximate surface area is 131 Å². The van der Waals surface area contributed by atoms with E-state index in [9.17, 15) is 9.59 Å². The molecular formula is C16H13N3O4. The van der Waals surface area contributed by atoms with Gasteiger partial charge in [0.1, 0.15) is 5.69 Å². The normalized spacial score (nSPS) is 10.5. The lowest BCUT2D eigenvalue weighted by Gasteiger charge is -2.07. The van der Waals surface area contributed by atoms with Gasteiger partial charge < -0.3 is 14.6 Å². The summed E-state index contributed by atoms with van der Waals surface area (Å²) in [5.41, 5.74) is 1.49. The number of methoxy groups -OCH3 is 1. The van der Waals surface area contributed by atoms with Crippen LogP contribution in [0.25, 0.3) is 11.0 Å². The van der Waals surface area contributed by atoms with Gasteiger partial charge in [-0.25, -0.2) is 9.78 Å². The predicted octanol–water partition coefficient (Wildman–Crippen LogP) is 2.19. The van der Waals surface area contributed by atoms with Gasteiger partial charge in [0.2, 0.25) is 5.91 Å².